The fourth-order valence-electron chi connectivity index (χ4n) is 3.73. The van der Waals surface area contributed by atoms with Crippen molar-refractivity contribution in [3.05, 3.63) is 76.5 Å². The molecule has 0 aliphatic carbocycles. The summed E-state index contributed by atoms with van der Waals surface area (Å²) < 4.78 is 1.95. The molecule has 5 rings (SSSR count). The van der Waals surface area contributed by atoms with Crippen molar-refractivity contribution < 1.29 is 4.79 Å². The van der Waals surface area contributed by atoms with Gasteiger partial charge in [0.1, 0.15) is 9.88 Å². The first kappa shape index (κ1) is 20.1. The average Bonchev–Trinajstić information content (AvgIpc) is 3.56. The van der Waals surface area contributed by atoms with E-state index in [-0.39, 0.29) is 5.91 Å². The molecule has 0 radical (unpaired) electrons. The summed E-state index contributed by atoms with van der Waals surface area (Å²) in [5, 5.41) is 4.04. The highest BCUT2D eigenvalue weighted by molar-refractivity contribution is 7.16. The molecule has 3 aromatic heterocycles. The Morgan fingerprint density at radius 2 is 1.74 bits per heavy atom. The zero-order valence-electron chi connectivity index (χ0n) is 17.3. The fraction of sp³-hybridized carbons (Fsp3) is 0.261. The third-order valence-corrected chi connectivity index (χ3v) is 7.52. The van der Waals surface area contributed by atoms with E-state index >= 15 is 0 Å². The van der Waals surface area contributed by atoms with E-state index in [0.29, 0.717) is 0 Å². The van der Waals surface area contributed by atoms with Gasteiger partial charge in [-0.3, -0.25) is 9.69 Å². The molecular weight excluding hydrogens is 426 g/mol. The lowest BCUT2D eigenvalue weighted by molar-refractivity contribution is 0.0631. The molecule has 1 aromatic carbocycles. The van der Waals surface area contributed by atoms with Crippen molar-refractivity contribution in [2.24, 2.45) is 0 Å². The van der Waals surface area contributed by atoms with Crippen LogP contribution in [0, 0.1) is 6.92 Å². The number of nitrogens with zero attached hydrogens (tertiary/aromatic N) is 5. The van der Waals surface area contributed by atoms with Crippen LogP contribution in [0.4, 0.5) is 0 Å². The van der Waals surface area contributed by atoms with Crippen molar-refractivity contribution in [1.82, 2.24) is 24.3 Å². The molecule has 1 fully saturated rings. The number of hydrogen-bond acceptors (Lipinski definition) is 6. The molecular formula is C23H23N5OS2. The average molecular weight is 450 g/mol. The van der Waals surface area contributed by atoms with Gasteiger partial charge in [-0.25, -0.2) is 9.97 Å². The normalized spacial score (nSPS) is 14.8. The number of aryl methyl sites for hydroxylation is 1. The van der Waals surface area contributed by atoms with Crippen LogP contribution in [-0.4, -0.2) is 56.4 Å². The molecule has 0 unspecified atom stereocenters. The zero-order chi connectivity index (χ0) is 21.2. The minimum absolute atomic E-state index is 0.0908. The Morgan fingerprint density at radius 3 is 2.48 bits per heavy atom. The molecule has 0 saturated carbocycles. The van der Waals surface area contributed by atoms with E-state index in [9.17, 15) is 4.79 Å². The van der Waals surface area contributed by atoms with Crippen molar-refractivity contribution in [3.63, 3.8) is 0 Å². The van der Waals surface area contributed by atoms with Crippen LogP contribution in [0.3, 0.4) is 0 Å². The highest BCUT2D eigenvalue weighted by Crippen LogP contribution is 2.25. The predicted molar refractivity (Wildman–Crippen MR) is 125 cm³/mol. The maximum Gasteiger partial charge on any atom is 0.266 e. The number of rotatable bonds is 5. The van der Waals surface area contributed by atoms with E-state index in [2.05, 4.69) is 27.4 Å². The first-order valence-corrected chi connectivity index (χ1v) is 12.0. The standard InChI is InChI=1S/C23H23N5OS2/c1-17-20(31-23(24-17)28-9-5-6-10-28)22(29)27-13-11-26(12-14-27)15-19-16-30-21(25-19)18-7-3-2-4-8-18/h2-10,16H,11-15H2,1H3. The van der Waals surface area contributed by atoms with Gasteiger partial charge in [-0.15, -0.1) is 11.3 Å². The number of benzene rings is 1. The van der Waals surface area contributed by atoms with Gasteiger partial charge in [0.25, 0.3) is 5.91 Å². The molecule has 6 nitrogen and oxygen atoms in total. The van der Waals surface area contributed by atoms with E-state index < -0.39 is 0 Å². The van der Waals surface area contributed by atoms with E-state index in [1.54, 1.807) is 11.3 Å². The van der Waals surface area contributed by atoms with Gasteiger partial charge < -0.3 is 9.47 Å². The third-order valence-electron chi connectivity index (χ3n) is 5.42. The topological polar surface area (TPSA) is 54.3 Å². The van der Waals surface area contributed by atoms with E-state index in [0.717, 1.165) is 64.7 Å². The van der Waals surface area contributed by atoms with E-state index in [4.69, 9.17) is 4.98 Å². The zero-order valence-corrected chi connectivity index (χ0v) is 18.9. The lowest BCUT2D eigenvalue weighted by atomic mass is 10.2. The van der Waals surface area contributed by atoms with Gasteiger partial charge >= 0.3 is 0 Å². The van der Waals surface area contributed by atoms with Crippen LogP contribution in [-0.2, 0) is 6.54 Å². The minimum atomic E-state index is 0.0908. The van der Waals surface area contributed by atoms with Gasteiger partial charge in [0, 0.05) is 56.1 Å². The number of carbonyl (C=O) groups excluding carboxylic acids is 1. The summed E-state index contributed by atoms with van der Waals surface area (Å²) in [5.74, 6) is 0.0908. The van der Waals surface area contributed by atoms with Crippen molar-refractivity contribution in [1.29, 1.82) is 0 Å². The van der Waals surface area contributed by atoms with Gasteiger partial charge in [-0.2, -0.15) is 0 Å². The van der Waals surface area contributed by atoms with Crippen LogP contribution in [0.2, 0.25) is 0 Å². The summed E-state index contributed by atoms with van der Waals surface area (Å²) in [4.78, 5) is 27.5. The van der Waals surface area contributed by atoms with Crippen molar-refractivity contribution in [2.45, 2.75) is 13.5 Å². The Bertz CT molecular complexity index is 1160. The van der Waals surface area contributed by atoms with Crippen molar-refractivity contribution in [2.75, 3.05) is 26.2 Å². The predicted octanol–water partition coefficient (Wildman–Crippen LogP) is 4.32. The summed E-state index contributed by atoms with van der Waals surface area (Å²) in [6, 6.07) is 14.2. The smallest absolute Gasteiger partial charge is 0.266 e. The number of aromatic nitrogens is 3. The largest absolute Gasteiger partial charge is 0.335 e. The van der Waals surface area contributed by atoms with Crippen LogP contribution < -0.4 is 0 Å². The van der Waals surface area contributed by atoms with Crippen LogP contribution >= 0.6 is 22.7 Å². The number of thiazole rings is 2. The molecule has 1 saturated heterocycles. The number of piperazine rings is 1. The number of amides is 1. The molecule has 1 aliphatic rings. The van der Waals surface area contributed by atoms with Gasteiger partial charge in [0.15, 0.2) is 5.13 Å². The van der Waals surface area contributed by atoms with Crippen LogP contribution in [0.25, 0.3) is 15.7 Å². The molecule has 4 heterocycles. The molecule has 31 heavy (non-hydrogen) atoms. The highest BCUT2D eigenvalue weighted by atomic mass is 32.1. The Hall–Kier alpha value is -2.81. The summed E-state index contributed by atoms with van der Waals surface area (Å²) in [7, 11) is 0. The number of carbonyl (C=O) groups is 1. The maximum atomic E-state index is 13.1. The molecule has 0 N–H and O–H groups in total. The van der Waals surface area contributed by atoms with Crippen LogP contribution in [0.15, 0.2) is 60.2 Å². The van der Waals surface area contributed by atoms with Gasteiger partial charge in [0.2, 0.25) is 0 Å². The Kier molecular flexibility index (Phi) is 5.67. The third kappa shape index (κ3) is 4.32. The molecule has 0 spiro atoms. The summed E-state index contributed by atoms with van der Waals surface area (Å²) in [6.07, 6.45) is 3.90. The Labute approximate surface area is 189 Å². The first-order valence-electron chi connectivity index (χ1n) is 10.3. The second-order valence-corrected chi connectivity index (χ2v) is 9.42. The summed E-state index contributed by atoms with van der Waals surface area (Å²) in [6.45, 7) is 5.90. The molecule has 8 heteroatoms. The van der Waals surface area contributed by atoms with Gasteiger partial charge in [-0.1, -0.05) is 41.7 Å². The highest BCUT2D eigenvalue weighted by Gasteiger charge is 2.26. The second-order valence-electron chi connectivity index (χ2n) is 7.58. The summed E-state index contributed by atoms with van der Waals surface area (Å²) in [5.41, 5.74) is 3.06. The Balaban J connectivity index is 1.19. The van der Waals surface area contributed by atoms with Gasteiger partial charge in [0.05, 0.1) is 11.4 Å². The molecule has 158 valence electrons. The summed E-state index contributed by atoms with van der Waals surface area (Å²) >= 11 is 3.15. The molecule has 1 aliphatic heterocycles. The minimum Gasteiger partial charge on any atom is -0.335 e. The molecule has 4 aromatic rings. The maximum absolute atomic E-state index is 13.1. The van der Waals surface area contributed by atoms with Crippen LogP contribution in [0.1, 0.15) is 21.1 Å². The lowest BCUT2D eigenvalue weighted by Gasteiger charge is -2.34. The van der Waals surface area contributed by atoms with E-state index in [1.807, 2.05) is 59.1 Å². The second kappa shape index (κ2) is 8.74. The van der Waals surface area contributed by atoms with E-state index in [1.165, 1.54) is 11.3 Å². The van der Waals surface area contributed by atoms with Crippen molar-refractivity contribution >= 4 is 28.6 Å². The van der Waals surface area contributed by atoms with Crippen molar-refractivity contribution in [3.8, 4) is 15.7 Å². The van der Waals surface area contributed by atoms with Gasteiger partial charge in [-0.05, 0) is 19.1 Å². The Morgan fingerprint density at radius 1 is 1.00 bits per heavy atom. The first-order chi connectivity index (χ1) is 15.2. The molecule has 0 bridgehead atoms. The van der Waals surface area contributed by atoms with Crippen LogP contribution in [0.5, 0.6) is 0 Å². The monoisotopic (exact) mass is 449 g/mol. The molecule has 0 atom stereocenters. The SMILES string of the molecule is Cc1nc(-n2cccc2)sc1C(=O)N1CCN(Cc2csc(-c3ccccc3)n2)CC1. The quantitative estimate of drug-likeness (QED) is 0.455. The lowest BCUT2D eigenvalue weighted by Crippen LogP contribution is -2.48. The molecule has 1 amide bonds. The fourth-order valence-corrected chi connectivity index (χ4v) is 5.55. The number of hydrogen-bond donors (Lipinski definition) is 0.